The van der Waals surface area contributed by atoms with Gasteiger partial charge in [-0.1, -0.05) is 35.0 Å². The van der Waals surface area contributed by atoms with Crippen LogP contribution < -0.4 is 5.32 Å². The van der Waals surface area contributed by atoms with Crippen molar-refractivity contribution >= 4 is 52.2 Å². The second-order valence-corrected chi connectivity index (χ2v) is 8.19. The van der Waals surface area contributed by atoms with Gasteiger partial charge in [0.1, 0.15) is 0 Å². The highest BCUT2D eigenvalue weighted by Crippen LogP contribution is 2.30. The smallest absolute Gasteiger partial charge is 0.271 e. The topological polar surface area (TPSA) is 103 Å². The van der Waals surface area contributed by atoms with Crippen LogP contribution in [0.15, 0.2) is 47.6 Å². The van der Waals surface area contributed by atoms with Crippen LogP contribution in [-0.4, -0.2) is 30.8 Å². The summed E-state index contributed by atoms with van der Waals surface area (Å²) in [5.41, 5.74) is 0.862. The van der Waals surface area contributed by atoms with E-state index in [-0.39, 0.29) is 22.3 Å². The van der Waals surface area contributed by atoms with Crippen molar-refractivity contribution in [2.45, 2.75) is 17.3 Å². The van der Waals surface area contributed by atoms with Crippen LogP contribution in [0, 0.1) is 10.1 Å². The zero-order valence-corrected chi connectivity index (χ0v) is 17.6. The molecule has 0 unspecified atom stereocenters. The van der Waals surface area contributed by atoms with Crippen LogP contribution in [0.4, 0.5) is 11.4 Å². The molecule has 8 nitrogen and oxygen atoms in total. The Morgan fingerprint density at radius 2 is 1.90 bits per heavy atom. The van der Waals surface area contributed by atoms with Gasteiger partial charge in [-0.05, 0) is 37.3 Å². The molecule has 1 atom stereocenters. The van der Waals surface area contributed by atoms with Gasteiger partial charge in [0.05, 0.1) is 20.9 Å². The third-order valence-corrected chi connectivity index (χ3v) is 5.72. The van der Waals surface area contributed by atoms with Crippen molar-refractivity contribution in [1.82, 2.24) is 14.8 Å². The first kappa shape index (κ1) is 21.1. The minimum atomic E-state index is -0.554. The number of rotatable bonds is 6. The number of halogens is 2. The quantitative estimate of drug-likeness (QED) is 0.327. The number of benzene rings is 2. The number of carbonyl (C=O) groups is 1. The average molecular weight is 452 g/mol. The normalized spacial score (nSPS) is 11.9. The first-order chi connectivity index (χ1) is 13.8. The number of nitro groups is 1. The lowest BCUT2D eigenvalue weighted by Crippen LogP contribution is -2.23. The van der Waals surface area contributed by atoms with Gasteiger partial charge in [0.15, 0.2) is 11.0 Å². The molecule has 0 aliphatic heterocycles. The molecule has 0 bridgehead atoms. The van der Waals surface area contributed by atoms with E-state index in [0.29, 0.717) is 16.0 Å². The number of hydrogen-bond acceptors (Lipinski definition) is 6. The Bertz CT molecular complexity index is 1070. The van der Waals surface area contributed by atoms with E-state index in [2.05, 4.69) is 15.5 Å². The fourth-order valence-corrected chi connectivity index (χ4v) is 3.54. The highest BCUT2D eigenvalue weighted by atomic mass is 35.5. The van der Waals surface area contributed by atoms with Crippen molar-refractivity contribution in [2.75, 3.05) is 5.32 Å². The summed E-state index contributed by atoms with van der Waals surface area (Å²) in [6.45, 7) is 1.70. The lowest BCUT2D eigenvalue weighted by molar-refractivity contribution is -0.384. The molecule has 1 heterocycles. The molecule has 0 aliphatic rings. The zero-order valence-electron chi connectivity index (χ0n) is 15.3. The van der Waals surface area contributed by atoms with Gasteiger partial charge >= 0.3 is 0 Å². The molecule has 0 radical (unpaired) electrons. The summed E-state index contributed by atoms with van der Waals surface area (Å²) in [5.74, 6) is 0.270. The lowest BCUT2D eigenvalue weighted by atomic mass is 10.2. The third kappa shape index (κ3) is 4.87. The molecule has 0 saturated carbocycles. The summed E-state index contributed by atoms with van der Waals surface area (Å²) in [7, 11) is 1.80. The molecule has 29 heavy (non-hydrogen) atoms. The minimum absolute atomic E-state index is 0.161. The summed E-state index contributed by atoms with van der Waals surface area (Å²) < 4.78 is 1.78. The second-order valence-electron chi connectivity index (χ2n) is 6.04. The maximum absolute atomic E-state index is 12.5. The molecule has 1 N–H and O–H groups in total. The SMILES string of the molecule is C[C@H](Sc1nnc(-c2ccc(Cl)cc2)n1C)C(=O)Nc1cc([N+](=O)[O-])ccc1Cl. The number of nitro benzene ring substituents is 1. The summed E-state index contributed by atoms with van der Waals surface area (Å²) in [4.78, 5) is 22.9. The average Bonchev–Trinajstić information content (AvgIpc) is 3.04. The standard InChI is InChI=1S/C18H15Cl2N5O3S/c1-10(17(26)21-15-9-13(25(27)28)7-8-14(15)20)29-18-23-22-16(24(18)2)11-3-5-12(19)6-4-11/h3-10H,1-2H3,(H,21,26)/t10-/m0/s1. The summed E-state index contributed by atoms with van der Waals surface area (Å²) in [5, 5.41) is 22.7. The minimum Gasteiger partial charge on any atom is -0.324 e. The van der Waals surface area contributed by atoms with Gasteiger partial charge in [0, 0.05) is 29.8 Å². The zero-order chi connectivity index (χ0) is 21.1. The first-order valence-corrected chi connectivity index (χ1v) is 9.96. The van der Waals surface area contributed by atoms with Crippen molar-refractivity contribution in [2.24, 2.45) is 7.05 Å². The third-order valence-electron chi connectivity index (χ3n) is 4.01. The Kier molecular flexibility index (Phi) is 6.41. The summed E-state index contributed by atoms with van der Waals surface area (Å²) >= 11 is 13.2. The second kappa shape index (κ2) is 8.81. The van der Waals surface area contributed by atoms with Crippen LogP contribution in [0.3, 0.4) is 0 Å². The van der Waals surface area contributed by atoms with Crippen molar-refractivity contribution < 1.29 is 9.72 Å². The lowest BCUT2D eigenvalue weighted by Gasteiger charge is -2.12. The van der Waals surface area contributed by atoms with E-state index >= 15 is 0 Å². The Morgan fingerprint density at radius 1 is 1.21 bits per heavy atom. The number of anilines is 1. The molecule has 0 saturated heterocycles. The van der Waals surface area contributed by atoms with Gasteiger partial charge in [-0.3, -0.25) is 14.9 Å². The maximum atomic E-state index is 12.5. The van der Waals surface area contributed by atoms with E-state index in [0.717, 1.165) is 5.56 Å². The number of amides is 1. The Labute approximate surface area is 180 Å². The number of hydrogen-bond donors (Lipinski definition) is 1. The van der Waals surface area contributed by atoms with Gasteiger partial charge in [-0.2, -0.15) is 0 Å². The van der Waals surface area contributed by atoms with Crippen LogP contribution in [-0.2, 0) is 11.8 Å². The number of carbonyl (C=O) groups excluding carboxylic acids is 1. The molecule has 0 spiro atoms. The Hall–Kier alpha value is -2.62. The number of nitrogens with one attached hydrogen (secondary N) is 1. The maximum Gasteiger partial charge on any atom is 0.271 e. The molecule has 1 amide bonds. The van der Waals surface area contributed by atoms with Gasteiger partial charge in [-0.15, -0.1) is 10.2 Å². The van der Waals surface area contributed by atoms with Gasteiger partial charge in [0.2, 0.25) is 5.91 Å². The van der Waals surface area contributed by atoms with E-state index in [4.69, 9.17) is 23.2 Å². The number of aromatic nitrogens is 3. The van der Waals surface area contributed by atoms with Crippen molar-refractivity contribution in [1.29, 1.82) is 0 Å². The van der Waals surface area contributed by atoms with Crippen molar-refractivity contribution in [3.63, 3.8) is 0 Å². The largest absolute Gasteiger partial charge is 0.324 e. The molecule has 3 aromatic rings. The van der Waals surface area contributed by atoms with Crippen LogP contribution in [0.1, 0.15) is 6.92 Å². The fourth-order valence-electron chi connectivity index (χ4n) is 2.44. The first-order valence-electron chi connectivity index (χ1n) is 8.33. The van der Waals surface area contributed by atoms with Gasteiger partial charge < -0.3 is 9.88 Å². The molecule has 1 aromatic heterocycles. The Balaban J connectivity index is 1.73. The predicted molar refractivity (Wildman–Crippen MR) is 114 cm³/mol. The molecule has 0 fully saturated rings. The molecule has 0 aliphatic carbocycles. The molecular formula is C18H15Cl2N5O3S. The molecule has 150 valence electrons. The van der Waals surface area contributed by atoms with E-state index in [9.17, 15) is 14.9 Å². The highest BCUT2D eigenvalue weighted by Gasteiger charge is 2.21. The van der Waals surface area contributed by atoms with Gasteiger partial charge in [0.25, 0.3) is 5.69 Å². The monoisotopic (exact) mass is 451 g/mol. The molecule has 11 heteroatoms. The van der Waals surface area contributed by atoms with Crippen molar-refractivity contribution in [3.05, 3.63) is 62.6 Å². The number of nitrogens with zero attached hydrogens (tertiary/aromatic N) is 4. The van der Waals surface area contributed by atoms with Crippen LogP contribution in [0.25, 0.3) is 11.4 Å². The van der Waals surface area contributed by atoms with E-state index < -0.39 is 10.2 Å². The summed E-state index contributed by atoms with van der Waals surface area (Å²) in [6.07, 6.45) is 0. The van der Waals surface area contributed by atoms with Crippen LogP contribution >= 0.6 is 35.0 Å². The number of non-ortho nitro benzene ring substituents is 1. The van der Waals surface area contributed by atoms with Crippen LogP contribution in [0.5, 0.6) is 0 Å². The molecule has 2 aromatic carbocycles. The van der Waals surface area contributed by atoms with E-state index in [1.807, 2.05) is 12.1 Å². The Morgan fingerprint density at radius 3 is 2.55 bits per heavy atom. The molecule has 3 rings (SSSR count). The fraction of sp³-hybridized carbons (Fsp3) is 0.167. The van der Waals surface area contributed by atoms with E-state index in [1.165, 1.54) is 30.0 Å². The van der Waals surface area contributed by atoms with Crippen molar-refractivity contribution in [3.8, 4) is 11.4 Å². The van der Waals surface area contributed by atoms with E-state index in [1.54, 1.807) is 30.7 Å². The predicted octanol–water partition coefficient (Wildman–Crippen LogP) is 4.82. The summed E-state index contributed by atoms with van der Waals surface area (Å²) in [6, 6.07) is 11.1. The molecular weight excluding hydrogens is 437 g/mol. The highest BCUT2D eigenvalue weighted by molar-refractivity contribution is 8.00. The number of thioether (sulfide) groups is 1. The van der Waals surface area contributed by atoms with Gasteiger partial charge in [-0.25, -0.2) is 0 Å². The van der Waals surface area contributed by atoms with Crippen LogP contribution in [0.2, 0.25) is 10.0 Å².